The van der Waals surface area contributed by atoms with Crippen LogP contribution in [0, 0.1) is 5.92 Å². The molecule has 1 heterocycles. The van der Waals surface area contributed by atoms with Gasteiger partial charge in [-0.3, -0.25) is 19.2 Å². The summed E-state index contributed by atoms with van der Waals surface area (Å²) in [5.74, 6) is -1.61. The van der Waals surface area contributed by atoms with Crippen LogP contribution in [0.2, 0.25) is 0 Å². The molecule has 4 atom stereocenters. The van der Waals surface area contributed by atoms with Gasteiger partial charge in [0.25, 0.3) is 5.91 Å². The van der Waals surface area contributed by atoms with Crippen LogP contribution in [0.5, 0.6) is 0 Å². The van der Waals surface area contributed by atoms with Crippen molar-refractivity contribution in [3.8, 4) is 0 Å². The third-order valence-corrected chi connectivity index (χ3v) is 9.26. The molecule has 34 heavy (non-hydrogen) atoms. The molecule has 1 saturated heterocycles. The summed E-state index contributed by atoms with van der Waals surface area (Å²) in [4.78, 5) is 50.5. The highest BCUT2D eigenvalue weighted by Crippen LogP contribution is 2.29. The molecule has 1 aromatic carbocycles. The number of benzene rings is 1. The Balaban J connectivity index is 1.97. The van der Waals surface area contributed by atoms with Crippen molar-refractivity contribution in [2.45, 2.75) is 70.2 Å². The maximum Gasteiger partial charge on any atom is 0.289 e. The summed E-state index contributed by atoms with van der Waals surface area (Å²) >= 11 is 0. The van der Waals surface area contributed by atoms with Gasteiger partial charge in [-0.05, 0) is 37.7 Å². The van der Waals surface area contributed by atoms with Crippen LogP contribution in [-0.4, -0.2) is 51.3 Å². The maximum atomic E-state index is 13.1. The first kappa shape index (κ1) is 28.0. The highest BCUT2D eigenvalue weighted by atomic mass is 33.1. The van der Waals surface area contributed by atoms with Crippen molar-refractivity contribution in [1.82, 2.24) is 16.0 Å². The fraction of sp³-hybridized carbons (Fsp3) is 0.583. The largest absolute Gasteiger partial charge is 0.350 e. The lowest BCUT2D eigenvalue weighted by Crippen LogP contribution is -2.52. The molecule has 188 valence electrons. The predicted molar refractivity (Wildman–Crippen MR) is 135 cm³/mol. The molecule has 1 aliphatic heterocycles. The van der Waals surface area contributed by atoms with E-state index in [2.05, 4.69) is 16.0 Å². The fourth-order valence-corrected chi connectivity index (χ4v) is 7.18. The van der Waals surface area contributed by atoms with Gasteiger partial charge in [-0.2, -0.15) is 0 Å². The van der Waals surface area contributed by atoms with Crippen LogP contribution in [0.4, 0.5) is 0 Å². The summed E-state index contributed by atoms with van der Waals surface area (Å²) in [6.07, 6.45) is 3.51. The van der Waals surface area contributed by atoms with Gasteiger partial charge in [0, 0.05) is 24.0 Å². The van der Waals surface area contributed by atoms with E-state index in [0.29, 0.717) is 18.5 Å². The fourth-order valence-electron chi connectivity index (χ4n) is 3.69. The maximum absolute atomic E-state index is 13.1. The SMILES string of the molecule is CCNC(=O)C(=O)[C@@H](NC(=O)[C@@H](NC(=O)CCCCC1CCSS1=O)C(C)C)c1ccccc1. The number of hydrogen-bond donors (Lipinski definition) is 3. The number of likely N-dealkylation sites (N-methyl/N-ethyl adjacent to an activating group) is 1. The number of carbonyl (C=O) groups is 4. The smallest absolute Gasteiger partial charge is 0.289 e. The summed E-state index contributed by atoms with van der Waals surface area (Å²) < 4.78 is 11.8. The Hall–Kier alpha value is -2.20. The van der Waals surface area contributed by atoms with Crippen LogP contribution in [-0.2, 0) is 29.0 Å². The molecule has 2 unspecified atom stereocenters. The van der Waals surface area contributed by atoms with Crippen molar-refractivity contribution in [2.24, 2.45) is 5.92 Å². The van der Waals surface area contributed by atoms with Crippen molar-refractivity contribution >= 4 is 44.1 Å². The Morgan fingerprint density at radius 1 is 1.09 bits per heavy atom. The van der Waals surface area contributed by atoms with Gasteiger partial charge >= 0.3 is 0 Å². The van der Waals surface area contributed by atoms with Gasteiger partial charge in [-0.25, -0.2) is 4.21 Å². The molecule has 1 aromatic rings. The zero-order chi connectivity index (χ0) is 25.1. The highest BCUT2D eigenvalue weighted by molar-refractivity contribution is 8.69. The molecule has 10 heteroatoms. The van der Waals surface area contributed by atoms with E-state index < -0.39 is 39.5 Å². The molecular formula is C24H35N3O5S2. The van der Waals surface area contributed by atoms with E-state index in [9.17, 15) is 23.4 Å². The molecule has 0 bridgehead atoms. The van der Waals surface area contributed by atoms with Crippen molar-refractivity contribution < 1.29 is 23.4 Å². The molecule has 0 saturated carbocycles. The molecule has 0 radical (unpaired) electrons. The standard InChI is InChI=1S/C24H35N3O5S2/c1-4-25-24(31)22(29)21(17-10-6-5-7-11-17)27-23(30)20(16(2)3)26-19(28)13-9-8-12-18-14-15-33-34(18)32/h5-7,10-11,16,18,20-21H,4,8-9,12-15H2,1-3H3,(H,25,31)(H,26,28)(H,27,30)/t18?,20-,21-,34?/m0/s1. The lowest BCUT2D eigenvalue weighted by atomic mass is 9.98. The number of carbonyl (C=O) groups excluding carboxylic acids is 4. The molecule has 0 spiro atoms. The second-order valence-electron chi connectivity index (χ2n) is 8.60. The van der Waals surface area contributed by atoms with Crippen molar-refractivity contribution in [3.63, 3.8) is 0 Å². The molecular weight excluding hydrogens is 474 g/mol. The second-order valence-corrected chi connectivity index (χ2v) is 12.1. The lowest BCUT2D eigenvalue weighted by molar-refractivity contribution is -0.140. The number of ketones is 1. The number of rotatable bonds is 13. The van der Waals surface area contributed by atoms with Gasteiger partial charge < -0.3 is 16.0 Å². The van der Waals surface area contributed by atoms with Crippen LogP contribution < -0.4 is 16.0 Å². The Morgan fingerprint density at radius 2 is 1.79 bits per heavy atom. The first-order valence-corrected chi connectivity index (χ1v) is 14.5. The molecule has 3 amide bonds. The first-order chi connectivity index (χ1) is 16.2. The minimum absolute atomic E-state index is 0.208. The summed E-state index contributed by atoms with van der Waals surface area (Å²) in [6.45, 7) is 5.61. The van der Waals surface area contributed by atoms with E-state index in [-0.39, 0.29) is 23.5 Å². The van der Waals surface area contributed by atoms with E-state index in [1.54, 1.807) is 51.1 Å². The average Bonchev–Trinajstić information content (AvgIpc) is 3.23. The van der Waals surface area contributed by atoms with Crippen molar-refractivity contribution in [2.75, 3.05) is 12.3 Å². The monoisotopic (exact) mass is 509 g/mol. The zero-order valence-electron chi connectivity index (χ0n) is 20.0. The Kier molecular flexibility index (Phi) is 11.8. The topological polar surface area (TPSA) is 121 Å². The van der Waals surface area contributed by atoms with Crippen LogP contribution in [0.3, 0.4) is 0 Å². The van der Waals surface area contributed by atoms with Crippen LogP contribution in [0.25, 0.3) is 0 Å². The number of nitrogens with one attached hydrogen (secondary N) is 3. The zero-order valence-corrected chi connectivity index (χ0v) is 21.6. The highest BCUT2D eigenvalue weighted by Gasteiger charge is 2.32. The number of amides is 3. The summed E-state index contributed by atoms with van der Waals surface area (Å²) in [5, 5.41) is 8.13. The quantitative estimate of drug-likeness (QED) is 0.213. The van der Waals surface area contributed by atoms with Gasteiger partial charge in [0.15, 0.2) is 0 Å². The minimum Gasteiger partial charge on any atom is -0.350 e. The van der Waals surface area contributed by atoms with Gasteiger partial charge in [0.2, 0.25) is 17.6 Å². The van der Waals surface area contributed by atoms with Gasteiger partial charge in [-0.1, -0.05) is 61.4 Å². The third kappa shape index (κ3) is 8.54. The third-order valence-electron chi connectivity index (χ3n) is 5.60. The van der Waals surface area contributed by atoms with Crippen LogP contribution in [0.15, 0.2) is 30.3 Å². The van der Waals surface area contributed by atoms with E-state index in [1.165, 1.54) is 10.8 Å². The molecule has 8 nitrogen and oxygen atoms in total. The Morgan fingerprint density at radius 3 is 2.38 bits per heavy atom. The second kappa shape index (κ2) is 14.3. The van der Waals surface area contributed by atoms with Crippen molar-refractivity contribution in [1.29, 1.82) is 0 Å². The number of hydrogen-bond acceptors (Lipinski definition) is 6. The Labute approximate surface area is 207 Å². The summed E-state index contributed by atoms with van der Waals surface area (Å²) in [6, 6.07) is 6.56. The summed E-state index contributed by atoms with van der Waals surface area (Å²) in [5.41, 5.74) is 0.489. The molecule has 3 N–H and O–H groups in total. The van der Waals surface area contributed by atoms with Crippen LogP contribution >= 0.6 is 10.8 Å². The molecule has 0 aliphatic carbocycles. The lowest BCUT2D eigenvalue weighted by Gasteiger charge is -2.25. The normalized spacial score (nSPS) is 19.3. The van der Waals surface area contributed by atoms with E-state index in [4.69, 9.17) is 0 Å². The molecule has 1 aliphatic rings. The van der Waals surface area contributed by atoms with E-state index in [1.807, 2.05) is 0 Å². The van der Waals surface area contributed by atoms with Gasteiger partial charge in [0.05, 0.1) is 9.83 Å². The number of unbranched alkanes of at least 4 members (excludes halogenated alkanes) is 1. The molecule has 2 rings (SSSR count). The minimum atomic E-state index is -1.15. The first-order valence-electron chi connectivity index (χ1n) is 11.7. The predicted octanol–water partition coefficient (Wildman–Crippen LogP) is 2.42. The van der Waals surface area contributed by atoms with Gasteiger partial charge in [-0.15, -0.1) is 0 Å². The van der Waals surface area contributed by atoms with Crippen LogP contribution in [0.1, 0.15) is 64.5 Å². The Bertz CT molecular complexity index is 879. The molecule has 1 fully saturated rings. The van der Waals surface area contributed by atoms with E-state index in [0.717, 1.165) is 25.0 Å². The van der Waals surface area contributed by atoms with E-state index >= 15 is 0 Å². The summed E-state index contributed by atoms with van der Waals surface area (Å²) in [7, 11) is 0.674. The van der Waals surface area contributed by atoms with Crippen molar-refractivity contribution in [3.05, 3.63) is 35.9 Å². The molecule has 0 aromatic heterocycles. The average molecular weight is 510 g/mol. The number of Topliss-reactive ketones (excluding diaryl/α,β-unsaturated/α-hetero) is 1. The van der Waals surface area contributed by atoms with Gasteiger partial charge in [0.1, 0.15) is 12.1 Å².